The molecular weight excluding hydrogens is 452 g/mol. The van der Waals surface area contributed by atoms with Gasteiger partial charge in [0.05, 0.1) is 17.3 Å². The largest absolute Gasteiger partial charge is 0.506 e. The molecule has 0 aliphatic heterocycles. The molecule has 3 aromatic carbocycles. The van der Waals surface area contributed by atoms with E-state index in [0.29, 0.717) is 41.1 Å². The summed E-state index contributed by atoms with van der Waals surface area (Å²) in [6, 6.07) is 20.1. The van der Waals surface area contributed by atoms with Crippen molar-refractivity contribution in [1.82, 2.24) is 0 Å². The summed E-state index contributed by atoms with van der Waals surface area (Å²) in [5, 5.41) is 20.4. The number of phenolic OH excluding ortho intramolecular Hbond substituents is 2. The first-order chi connectivity index (χ1) is 17.3. The maximum Gasteiger partial charge on any atom is 0.142 e. The van der Waals surface area contributed by atoms with E-state index in [1.807, 2.05) is 36.4 Å². The molecule has 36 heavy (non-hydrogen) atoms. The third-order valence-corrected chi connectivity index (χ3v) is 8.03. The van der Waals surface area contributed by atoms with Crippen molar-refractivity contribution in [2.45, 2.75) is 43.3 Å². The van der Waals surface area contributed by atoms with E-state index in [1.165, 1.54) is 0 Å². The summed E-state index contributed by atoms with van der Waals surface area (Å²) in [7, 11) is 0. The Morgan fingerprint density at radius 1 is 0.806 bits per heavy atom. The fourth-order valence-corrected chi connectivity index (χ4v) is 6.86. The lowest BCUT2D eigenvalue weighted by atomic mass is 9.48. The molecular formula is C30H30N2O4. The lowest BCUT2D eigenvalue weighted by Gasteiger charge is -2.63. The Hall–Kier alpha value is -3.98. The van der Waals surface area contributed by atoms with Crippen molar-refractivity contribution in [3.8, 4) is 34.8 Å². The van der Waals surface area contributed by atoms with E-state index in [4.69, 9.17) is 20.9 Å². The van der Waals surface area contributed by atoms with Crippen LogP contribution in [-0.2, 0) is 0 Å². The molecule has 0 heterocycles. The lowest BCUT2D eigenvalue weighted by Crippen LogP contribution is -2.67. The van der Waals surface area contributed by atoms with Gasteiger partial charge in [0.2, 0.25) is 0 Å². The molecule has 4 saturated carbocycles. The van der Waals surface area contributed by atoms with Gasteiger partial charge in [-0.15, -0.1) is 0 Å². The molecule has 4 fully saturated rings. The van der Waals surface area contributed by atoms with Crippen LogP contribution in [0.1, 0.15) is 37.7 Å². The van der Waals surface area contributed by atoms with E-state index < -0.39 is 11.2 Å². The zero-order valence-corrected chi connectivity index (χ0v) is 20.0. The molecule has 5 atom stereocenters. The van der Waals surface area contributed by atoms with Crippen LogP contribution in [0.2, 0.25) is 0 Å². The highest BCUT2D eigenvalue weighted by atomic mass is 16.5. The highest BCUT2D eigenvalue weighted by molar-refractivity contribution is 5.55. The van der Waals surface area contributed by atoms with Crippen LogP contribution in [0.15, 0.2) is 66.7 Å². The van der Waals surface area contributed by atoms with Gasteiger partial charge in [-0.3, -0.25) is 0 Å². The normalized spacial score (nSPS) is 29.8. The first kappa shape index (κ1) is 22.5. The molecule has 0 radical (unpaired) electrons. The molecule has 4 bridgehead atoms. The summed E-state index contributed by atoms with van der Waals surface area (Å²) in [6.07, 6.45) is 4.44. The number of nitrogen functional groups attached to an aromatic ring is 2. The van der Waals surface area contributed by atoms with Gasteiger partial charge < -0.3 is 31.2 Å². The topological polar surface area (TPSA) is 111 Å². The predicted molar refractivity (Wildman–Crippen MR) is 139 cm³/mol. The van der Waals surface area contributed by atoms with Crippen molar-refractivity contribution in [3.05, 3.63) is 72.3 Å². The van der Waals surface area contributed by atoms with E-state index in [9.17, 15) is 10.2 Å². The van der Waals surface area contributed by atoms with E-state index >= 15 is 0 Å². The second-order valence-corrected chi connectivity index (χ2v) is 10.7. The van der Waals surface area contributed by atoms with E-state index in [2.05, 4.69) is 11.8 Å². The SMILES string of the molecule is Nc1ccc(OC23CC4CC(C2)C(C#Cc2ccccc2)C(Oc2ccc(N)c(O)c2)(C4)C3)cc1O. The summed E-state index contributed by atoms with van der Waals surface area (Å²) in [6.45, 7) is 0. The van der Waals surface area contributed by atoms with Gasteiger partial charge in [0.1, 0.15) is 34.2 Å². The fraction of sp³-hybridized carbons (Fsp3) is 0.333. The Morgan fingerprint density at radius 3 is 2.14 bits per heavy atom. The molecule has 6 heteroatoms. The maximum absolute atomic E-state index is 10.2. The van der Waals surface area contributed by atoms with Crippen LogP contribution in [0.25, 0.3) is 0 Å². The van der Waals surface area contributed by atoms with Crippen molar-refractivity contribution in [1.29, 1.82) is 0 Å². The van der Waals surface area contributed by atoms with Gasteiger partial charge in [-0.25, -0.2) is 0 Å². The number of phenols is 2. The molecule has 0 amide bonds. The first-order valence-corrected chi connectivity index (χ1v) is 12.4. The van der Waals surface area contributed by atoms with Gasteiger partial charge in [0.25, 0.3) is 0 Å². The molecule has 4 aliphatic carbocycles. The Morgan fingerprint density at radius 2 is 1.47 bits per heavy atom. The Kier molecular flexibility index (Phi) is 5.19. The van der Waals surface area contributed by atoms with Gasteiger partial charge in [0, 0.05) is 24.1 Å². The average Bonchev–Trinajstić information content (AvgIpc) is 2.83. The van der Waals surface area contributed by atoms with Crippen LogP contribution in [0.5, 0.6) is 23.0 Å². The summed E-state index contributed by atoms with van der Waals surface area (Å²) < 4.78 is 13.4. The van der Waals surface area contributed by atoms with Crippen LogP contribution in [0, 0.1) is 29.6 Å². The van der Waals surface area contributed by atoms with Gasteiger partial charge in [0.15, 0.2) is 0 Å². The summed E-state index contributed by atoms with van der Waals surface area (Å²) in [5.41, 5.74) is 12.3. The number of hydrogen-bond acceptors (Lipinski definition) is 6. The number of aromatic hydroxyl groups is 2. The standard InChI is InChI=1S/C30H30N2O4/c31-25-10-7-22(13-27(25)33)35-29-15-20-12-21(17-29)24(9-6-19-4-2-1-3-5-19)30(16-20,18-29)36-23-8-11-26(32)28(34)14-23/h1-5,7-8,10-11,13-14,20-21,24,33-34H,12,15-18,31-32H2. The van der Waals surface area contributed by atoms with E-state index in [0.717, 1.165) is 31.2 Å². The lowest BCUT2D eigenvalue weighted by molar-refractivity contribution is -0.197. The number of rotatable bonds is 4. The summed E-state index contributed by atoms with van der Waals surface area (Å²) in [4.78, 5) is 0. The van der Waals surface area contributed by atoms with Crippen LogP contribution >= 0.6 is 0 Å². The maximum atomic E-state index is 10.2. The number of nitrogens with two attached hydrogens (primary N) is 2. The Balaban J connectivity index is 1.38. The zero-order chi connectivity index (χ0) is 24.9. The summed E-state index contributed by atoms with van der Waals surface area (Å²) in [5.74, 6) is 8.97. The molecule has 3 aromatic rings. The molecule has 6 N–H and O–H groups in total. The Labute approximate surface area is 210 Å². The number of anilines is 2. The van der Waals surface area contributed by atoms with Crippen molar-refractivity contribution in [3.63, 3.8) is 0 Å². The minimum Gasteiger partial charge on any atom is -0.506 e. The first-order valence-electron chi connectivity index (χ1n) is 12.4. The Bertz CT molecular complexity index is 1360. The van der Waals surface area contributed by atoms with Crippen molar-refractivity contribution < 1.29 is 19.7 Å². The molecule has 0 aromatic heterocycles. The van der Waals surface area contributed by atoms with Crippen molar-refractivity contribution >= 4 is 11.4 Å². The average molecular weight is 483 g/mol. The van der Waals surface area contributed by atoms with Crippen LogP contribution in [0.3, 0.4) is 0 Å². The summed E-state index contributed by atoms with van der Waals surface area (Å²) >= 11 is 0. The molecule has 184 valence electrons. The highest BCUT2D eigenvalue weighted by Crippen LogP contribution is 2.62. The third-order valence-electron chi connectivity index (χ3n) is 8.03. The minimum atomic E-state index is -0.565. The minimum absolute atomic E-state index is 0.00691. The number of ether oxygens (including phenoxy) is 2. The molecule has 0 saturated heterocycles. The molecule has 7 rings (SSSR count). The second kappa shape index (κ2) is 8.30. The van der Waals surface area contributed by atoms with Gasteiger partial charge in [-0.2, -0.15) is 0 Å². The van der Waals surface area contributed by atoms with Crippen LogP contribution < -0.4 is 20.9 Å². The smallest absolute Gasteiger partial charge is 0.142 e. The predicted octanol–water partition coefficient (Wildman–Crippen LogP) is 5.09. The number of hydrogen-bond donors (Lipinski definition) is 4. The fourth-order valence-electron chi connectivity index (χ4n) is 6.86. The van der Waals surface area contributed by atoms with Crippen molar-refractivity contribution in [2.75, 3.05) is 11.5 Å². The number of benzene rings is 3. The quantitative estimate of drug-likeness (QED) is 0.234. The third kappa shape index (κ3) is 3.95. The van der Waals surface area contributed by atoms with Gasteiger partial charge in [-0.1, -0.05) is 30.0 Å². The van der Waals surface area contributed by atoms with E-state index in [1.54, 1.807) is 30.3 Å². The van der Waals surface area contributed by atoms with E-state index in [-0.39, 0.29) is 17.4 Å². The molecule has 5 unspecified atom stereocenters. The highest BCUT2D eigenvalue weighted by Gasteiger charge is 2.65. The van der Waals surface area contributed by atoms with Gasteiger partial charge in [-0.05, 0) is 73.9 Å². The van der Waals surface area contributed by atoms with Gasteiger partial charge >= 0.3 is 0 Å². The monoisotopic (exact) mass is 482 g/mol. The van der Waals surface area contributed by atoms with Crippen molar-refractivity contribution in [2.24, 2.45) is 17.8 Å². The van der Waals surface area contributed by atoms with Crippen LogP contribution in [0.4, 0.5) is 11.4 Å². The molecule has 0 spiro atoms. The molecule has 4 aliphatic rings. The second-order valence-electron chi connectivity index (χ2n) is 10.7. The van der Waals surface area contributed by atoms with Crippen LogP contribution in [-0.4, -0.2) is 21.4 Å². The zero-order valence-electron chi connectivity index (χ0n) is 20.0. The molecule has 6 nitrogen and oxygen atoms in total.